The molecule has 1 aromatic carbocycles. The molecular weight excluding hydrogens is 227 g/mol. The summed E-state index contributed by atoms with van der Waals surface area (Å²) >= 11 is 0. The Balaban J connectivity index is 1.65. The van der Waals surface area contributed by atoms with Gasteiger partial charge in [-0.05, 0) is 61.3 Å². The number of nitrogens with one attached hydrogen (secondary N) is 1. The van der Waals surface area contributed by atoms with Crippen molar-refractivity contribution in [3.8, 4) is 0 Å². The predicted molar refractivity (Wildman–Crippen MR) is 70.9 cm³/mol. The summed E-state index contributed by atoms with van der Waals surface area (Å²) in [5.74, 6) is -0.163. The Bertz CT molecular complexity index is 471. The molecule has 0 amide bonds. The smallest absolute Gasteiger partial charge is 0.123 e. The maximum absolute atomic E-state index is 12.9. The predicted octanol–water partition coefficient (Wildman–Crippen LogP) is 2.60. The van der Waals surface area contributed by atoms with Gasteiger partial charge in [-0.1, -0.05) is 12.1 Å². The Hall–Kier alpha value is -1.74. The Kier molecular flexibility index (Phi) is 4.85. The van der Waals surface area contributed by atoms with Crippen molar-refractivity contribution >= 4 is 0 Å². The number of nitrogens with zero attached hydrogens (tertiary/aromatic N) is 1. The first-order chi connectivity index (χ1) is 8.84. The van der Waals surface area contributed by atoms with E-state index in [2.05, 4.69) is 10.3 Å². The van der Waals surface area contributed by atoms with Crippen LogP contribution in [0.4, 0.5) is 4.39 Å². The van der Waals surface area contributed by atoms with Crippen LogP contribution in [0, 0.1) is 5.82 Å². The standard InChI is InChI=1S/C15H17FN2/c16-15-3-1-2-14(12-15)7-11-18-10-6-13-4-8-17-9-5-13/h1-5,8-9,12,18H,6-7,10-11H2. The first-order valence-electron chi connectivity index (χ1n) is 6.18. The molecule has 0 saturated carbocycles. The van der Waals surface area contributed by atoms with Crippen LogP contribution in [0.2, 0.25) is 0 Å². The Labute approximate surface area is 107 Å². The largest absolute Gasteiger partial charge is 0.316 e. The summed E-state index contributed by atoms with van der Waals surface area (Å²) in [6.07, 6.45) is 5.46. The number of rotatable bonds is 6. The van der Waals surface area contributed by atoms with Gasteiger partial charge in [-0.25, -0.2) is 4.39 Å². The van der Waals surface area contributed by atoms with E-state index in [1.54, 1.807) is 12.1 Å². The summed E-state index contributed by atoms with van der Waals surface area (Å²) in [6.45, 7) is 1.80. The summed E-state index contributed by atoms with van der Waals surface area (Å²) in [5, 5.41) is 3.36. The second-order valence-electron chi connectivity index (χ2n) is 4.24. The molecule has 0 atom stereocenters. The zero-order chi connectivity index (χ0) is 12.6. The second kappa shape index (κ2) is 6.87. The van der Waals surface area contributed by atoms with E-state index in [9.17, 15) is 4.39 Å². The minimum absolute atomic E-state index is 0.163. The fourth-order valence-electron chi connectivity index (χ4n) is 1.83. The number of halogens is 1. The lowest BCUT2D eigenvalue weighted by molar-refractivity contribution is 0.622. The van der Waals surface area contributed by atoms with Crippen molar-refractivity contribution in [3.05, 3.63) is 65.7 Å². The van der Waals surface area contributed by atoms with Gasteiger partial charge in [0.25, 0.3) is 0 Å². The van der Waals surface area contributed by atoms with Crippen molar-refractivity contribution < 1.29 is 4.39 Å². The summed E-state index contributed by atoms with van der Waals surface area (Å²) in [7, 11) is 0. The van der Waals surface area contributed by atoms with Gasteiger partial charge in [-0.3, -0.25) is 4.98 Å². The van der Waals surface area contributed by atoms with Crippen LogP contribution in [0.5, 0.6) is 0 Å². The quantitative estimate of drug-likeness (QED) is 0.790. The average Bonchev–Trinajstić information content (AvgIpc) is 2.40. The molecule has 1 N–H and O–H groups in total. The van der Waals surface area contributed by atoms with Crippen molar-refractivity contribution in [3.63, 3.8) is 0 Å². The van der Waals surface area contributed by atoms with E-state index in [1.807, 2.05) is 30.6 Å². The SMILES string of the molecule is Fc1cccc(CCNCCc2ccncc2)c1. The molecule has 3 heteroatoms. The molecule has 2 rings (SSSR count). The van der Waals surface area contributed by atoms with Gasteiger partial charge in [0.2, 0.25) is 0 Å². The third-order valence-corrected chi connectivity index (χ3v) is 2.82. The van der Waals surface area contributed by atoms with Gasteiger partial charge in [-0.15, -0.1) is 0 Å². The highest BCUT2D eigenvalue weighted by molar-refractivity contribution is 5.16. The van der Waals surface area contributed by atoms with Crippen molar-refractivity contribution in [2.45, 2.75) is 12.8 Å². The van der Waals surface area contributed by atoms with Crippen LogP contribution < -0.4 is 5.32 Å². The van der Waals surface area contributed by atoms with Gasteiger partial charge in [0.05, 0.1) is 0 Å². The van der Waals surface area contributed by atoms with Crippen molar-refractivity contribution in [2.75, 3.05) is 13.1 Å². The monoisotopic (exact) mass is 244 g/mol. The van der Waals surface area contributed by atoms with Gasteiger partial charge in [-0.2, -0.15) is 0 Å². The van der Waals surface area contributed by atoms with E-state index in [1.165, 1.54) is 11.6 Å². The molecule has 0 spiro atoms. The van der Waals surface area contributed by atoms with E-state index in [0.29, 0.717) is 0 Å². The average molecular weight is 244 g/mol. The van der Waals surface area contributed by atoms with Crippen molar-refractivity contribution in [2.24, 2.45) is 0 Å². The van der Waals surface area contributed by atoms with Crippen molar-refractivity contribution in [1.29, 1.82) is 0 Å². The minimum Gasteiger partial charge on any atom is -0.316 e. The zero-order valence-electron chi connectivity index (χ0n) is 10.3. The number of benzene rings is 1. The van der Waals surface area contributed by atoms with E-state index in [0.717, 1.165) is 31.5 Å². The molecule has 1 aromatic heterocycles. The lowest BCUT2D eigenvalue weighted by atomic mass is 10.1. The zero-order valence-corrected chi connectivity index (χ0v) is 10.3. The maximum Gasteiger partial charge on any atom is 0.123 e. The second-order valence-corrected chi connectivity index (χ2v) is 4.24. The van der Waals surface area contributed by atoms with Crippen LogP contribution in [-0.2, 0) is 12.8 Å². The molecule has 0 aliphatic heterocycles. The lowest BCUT2D eigenvalue weighted by Crippen LogP contribution is -2.20. The van der Waals surface area contributed by atoms with E-state index < -0.39 is 0 Å². The molecule has 0 saturated heterocycles. The van der Waals surface area contributed by atoms with Crippen LogP contribution in [0.1, 0.15) is 11.1 Å². The third kappa shape index (κ3) is 4.26. The van der Waals surface area contributed by atoms with Crippen LogP contribution in [-0.4, -0.2) is 18.1 Å². The summed E-state index contributed by atoms with van der Waals surface area (Å²) < 4.78 is 12.9. The molecule has 18 heavy (non-hydrogen) atoms. The van der Waals surface area contributed by atoms with Crippen LogP contribution in [0.3, 0.4) is 0 Å². The molecule has 0 unspecified atom stereocenters. The number of aromatic nitrogens is 1. The van der Waals surface area contributed by atoms with Crippen LogP contribution in [0.25, 0.3) is 0 Å². The highest BCUT2D eigenvalue weighted by Gasteiger charge is 1.96. The molecule has 2 aromatic rings. The van der Waals surface area contributed by atoms with Crippen LogP contribution in [0.15, 0.2) is 48.8 Å². The Morgan fingerprint density at radius 3 is 2.39 bits per heavy atom. The highest BCUT2D eigenvalue weighted by Crippen LogP contribution is 2.03. The van der Waals surface area contributed by atoms with E-state index >= 15 is 0 Å². The van der Waals surface area contributed by atoms with Gasteiger partial charge in [0.1, 0.15) is 5.82 Å². The Morgan fingerprint density at radius 2 is 1.67 bits per heavy atom. The number of pyridine rings is 1. The van der Waals surface area contributed by atoms with Gasteiger partial charge in [0, 0.05) is 12.4 Å². The molecule has 0 aliphatic carbocycles. The number of hydrogen-bond acceptors (Lipinski definition) is 2. The van der Waals surface area contributed by atoms with Gasteiger partial charge < -0.3 is 5.32 Å². The molecule has 94 valence electrons. The first kappa shape index (κ1) is 12.7. The first-order valence-corrected chi connectivity index (χ1v) is 6.18. The fraction of sp³-hybridized carbons (Fsp3) is 0.267. The molecule has 1 heterocycles. The molecular formula is C15H17FN2. The van der Waals surface area contributed by atoms with Crippen LogP contribution >= 0.6 is 0 Å². The molecule has 0 radical (unpaired) electrons. The lowest BCUT2D eigenvalue weighted by Gasteiger charge is -2.05. The summed E-state index contributed by atoms with van der Waals surface area (Å²) in [6, 6.07) is 10.8. The molecule has 0 fully saturated rings. The maximum atomic E-state index is 12.9. The third-order valence-electron chi connectivity index (χ3n) is 2.82. The number of hydrogen-bond donors (Lipinski definition) is 1. The molecule has 0 aliphatic rings. The molecule has 2 nitrogen and oxygen atoms in total. The molecule has 0 bridgehead atoms. The van der Waals surface area contributed by atoms with Gasteiger partial charge >= 0.3 is 0 Å². The van der Waals surface area contributed by atoms with Gasteiger partial charge in [0.15, 0.2) is 0 Å². The summed E-state index contributed by atoms with van der Waals surface area (Å²) in [4.78, 5) is 3.98. The topological polar surface area (TPSA) is 24.9 Å². The van der Waals surface area contributed by atoms with E-state index in [4.69, 9.17) is 0 Å². The highest BCUT2D eigenvalue weighted by atomic mass is 19.1. The summed E-state index contributed by atoms with van der Waals surface area (Å²) in [5.41, 5.74) is 2.31. The normalized spacial score (nSPS) is 10.5. The van der Waals surface area contributed by atoms with E-state index in [-0.39, 0.29) is 5.82 Å². The fourth-order valence-corrected chi connectivity index (χ4v) is 1.83. The Morgan fingerprint density at radius 1 is 0.944 bits per heavy atom. The van der Waals surface area contributed by atoms with Crippen molar-refractivity contribution in [1.82, 2.24) is 10.3 Å². The minimum atomic E-state index is -0.163.